The number of carbonyl (C=O) groups is 2. The van der Waals surface area contributed by atoms with Crippen LogP contribution in [0.3, 0.4) is 0 Å². The van der Waals surface area contributed by atoms with Crippen molar-refractivity contribution >= 4 is 33.2 Å². The van der Waals surface area contributed by atoms with Gasteiger partial charge in [0.15, 0.2) is 0 Å². The fourth-order valence-electron chi connectivity index (χ4n) is 3.81. The minimum Gasteiger partial charge on any atom is -0.442 e. The summed E-state index contributed by atoms with van der Waals surface area (Å²) in [5.74, 6) is 1.85. The lowest BCUT2D eigenvalue weighted by atomic mass is 10.1. The van der Waals surface area contributed by atoms with Crippen molar-refractivity contribution < 1.29 is 18.5 Å². The largest absolute Gasteiger partial charge is 0.442 e. The lowest BCUT2D eigenvalue weighted by Gasteiger charge is -2.29. The Morgan fingerprint density at radius 1 is 1.19 bits per heavy atom. The highest BCUT2D eigenvalue weighted by molar-refractivity contribution is 7.93. The highest BCUT2D eigenvalue weighted by Gasteiger charge is 2.32. The molecule has 3 heterocycles. The molecule has 1 aromatic heterocycles. The van der Waals surface area contributed by atoms with Crippen molar-refractivity contribution in [3.05, 3.63) is 42.6 Å². The number of cyclic esters (lactones) is 1. The van der Waals surface area contributed by atoms with Crippen molar-refractivity contribution in [2.75, 3.05) is 54.5 Å². The topological polar surface area (TPSA) is 104 Å². The van der Waals surface area contributed by atoms with Gasteiger partial charge in [0.1, 0.15) is 11.9 Å². The first-order valence-corrected chi connectivity index (χ1v) is 12.4. The van der Waals surface area contributed by atoms with Crippen LogP contribution in [0, 0.1) is 0 Å². The third-order valence-corrected chi connectivity index (χ3v) is 8.04. The van der Waals surface area contributed by atoms with E-state index in [9.17, 15) is 13.8 Å². The van der Waals surface area contributed by atoms with Gasteiger partial charge in [0.05, 0.1) is 13.1 Å². The van der Waals surface area contributed by atoms with E-state index in [1.54, 1.807) is 11.9 Å². The number of anilines is 2. The fourth-order valence-corrected chi connectivity index (χ4v) is 5.39. The number of rotatable bonds is 5. The zero-order chi connectivity index (χ0) is 22.7. The van der Waals surface area contributed by atoms with Crippen LogP contribution in [0.15, 0.2) is 47.0 Å². The van der Waals surface area contributed by atoms with Crippen LogP contribution in [-0.2, 0) is 19.3 Å². The Balaban J connectivity index is 1.40. The van der Waals surface area contributed by atoms with E-state index < -0.39 is 15.8 Å². The first-order chi connectivity index (χ1) is 15.4. The molecule has 2 saturated heterocycles. The van der Waals surface area contributed by atoms with Gasteiger partial charge in [-0.05, 0) is 29.8 Å². The predicted molar refractivity (Wildman–Crippen MR) is 124 cm³/mol. The molecule has 1 unspecified atom stereocenters. The van der Waals surface area contributed by atoms with E-state index in [-0.39, 0.29) is 12.0 Å². The molecule has 1 N–H and O–H groups in total. The second kappa shape index (κ2) is 9.15. The van der Waals surface area contributed by atoms with E-state index in [0.29, 0.717) is 37.7 Å². The molecule has 9 nitrogen and oxygen atoms in total. The highest BCUT2D eigenvalue weighted by atomic mass is 32.2. The zero-order valence-corrected chi connectivity index (χ0v) is 19.0. The fraction of sp³-hybridized carbons (Fsp3) is 0.409. The van der Waals surface area contributed by atoms with E-state index in [2.05, 4.69) is 19.6 Å². The average molecular weight is 458 g/mol. The molecular formula is C22H27N5O4S. The zero-order valence-electron chi connectivity index (χ0n) is 18.2. The first kappa shape index (κ1) is 22.1. The van der Waals surface area contributed by atoms with Crippen LogP contribution in [0.5, 0.6) is 0 Å². The molecule has 170 valence electrons. The summed E-state index contributed by atoms with van der Waals surface area (Å²) < 4.78 is 21.7. The van der Waals surface area contributed by atoms with Gasteiger partial charge in [-0.25, -0.2) is 18.4 Å². The van der Waals surface area contributed by atoms with Crippen molar-refractivity contribution in [1.29, 1.82) is 0 Å². The standard InChI is InChI=1S/C22H27N5O4S/c1-16(28)24-14-20-15-27(22(29)31-20)19-6-3-17(4-7-19)18-5-8-21(25-13-18)26-9-11-32(30,23-2)12-10-26/h3-8,13,20H,9-12,14-15H2,1-2H3,(H,24,28). The third-order valence-electron chi connectivity index (χ3n) is 5.73. The Morgan fingerprint density at radius 3 is 2.47 bits per heavy atom. The molecule has 1 atom stereocenters. The van der Waals surface area contributed by atoms with Gasteiger partial charge in [-0.1, -0.05) is 12.1 Å². The molecule has 0 aliphatic carbocycles. The van der Waals surface area contributed by atoms with E-state index >= 15 is 0 Å². The number of pyridine rings is 1. The molecule has 2 aliphatic rings. The lowest BCUT2D eigenvalue weighted by Crippen LogP contribution is -2.40. The maximum absolute atomic E-state index is 12.3. The molecule has 0 spiro atoms. The number of nitrogens with one attached hydrogen (secondary N) is 1. The van der Waals surface area contributed by atoms with E-state index in [0.717, 1.165) is 22.6 Å². The van der Waals surface area contributed by atoms with E-state index in [4.69, 9.17) is 4.74 Å². The maximum atomic E-state index is 12.3. The van der Waals surface area contributed by atoms with Gasteiger partial charge in [0, 0.05) is 65.7 Å². The van der Waals surface area contributed by atoms with Crippen LogP contribution in [0.25, 0.3) is 11.1 Å². The van der Waals surface area contributed by atoms with Crippen LogP contribution in [0.4, 0.5) is 16.3 Å². The Morgan fingerprint density at radius 2 is 1.88 bits per heavy atom. The van der Waals surface area contributed by atoms with Gasteiger partial charge in [0.25, 0.3) is 0 Å². The summed E-state index contributed by atoms with van der Waals surface area (Å²) in [6, 6.07) is 11.6. The van der Waals surface area contributed by atoms with Crippen molar-refractivity contribution in [3.8, 4) is 11.1 Å². The Labute approximate surface area is 187 Å². The maximum Gasteiger partial charge on any atom is 0.414 e. The third kappa shape index (κ3) is 4.85. The van der Waals surface area contributed by atoms with Crippen LogP contribution in [-0.4, -0.2) is 72.0 Å². The lowest BCUT2D eigenvalue weighted by molar-refractivity contribution is -0.119. The molecular weight excluding hydrogens is 430 g/mol. The summed E-state index contributed by atoms with van der Waals surface area (Å²) in [5.41, 5.74) is 2.70. The molecule has 2 amide bonds. The summed E-state index contributed by atoms with van der Waals surface area (Å²) >= 11 is 0. The molecule has 32 heavy (non-hydrogen) atoms. The van der Waals surface area contributed by atoms with Gasteiger partial charge in [-0.2, -0.15) is 0 Å². The number of hydrogen-bond acceptors (Lipinski definition) is 7. The van der Waals surface area contributed by atoms with Crippen LogP contribution < -0.4 is 15.1 Å². The summed E-state index contributed by atoms with van der Waals surface area (Å²) in [7, 11) is -0.414. The van der Waals surface area contributed by atoms with Crippen LogP contribution in [0.1, 0.15) is 6.92 Å². The van der Waals surface area contributed by atoms with Gasteiger partial charge >= 0.3 is 6.09 Å². The molecule has 4 rings (SSSR count). The van der Waals surface area contributed by atoms with Crippen LogP contribution >= 0.6 is 0 Å². The minimum absolute atomic E-state index is 0.153. The molecule has 2 aliphatic heterocycles. The molecule has 2 aromatic rings. The number of aromatic nitrogens is 1. The molecule has 1 aromatic carbocycles. The quantitative estimate of drug-likeness (QED) is 0.738. The average Bonchev–Trinajstić information content (AvgIpc) is 3.19. The summed E-state index contributed by atoms with van der Waals surface area (Å²) in [6.07, 6.45) is 1.05. The molecule has 0 radical (unpaired) electrons. The monoisotopic (exact) mass is 457 g/mol. The number of hydrogen-bond donors (Lipinski definition) is 1. The normalized spacial score (nSPS) is 20.1. The summed E-state index contributed by atoms with van der Waals surface area (Å²) in [5, 5.41) is 2.67. The molecule has 10 heteroatoms. The van der Waals surface area contributed by atoms with E-state index in [1.807, 2.05) is 42.6 Å². The predicted octanol–water partition coefficient (Wildman–Crippen LogP) is 2.13. The van der Waals surface area contributed by atoms with Gasteiger partial charge in [0.2, 0.25) is 5.91 Å². The Kier molecular flexibility index (Phi) is 6.31. The van der Waals surface area contributed by atoms with Gasteiger partial charge in [-0.3, -0.25) is 9.69 Å². The number of carbonyl (C=O) groups excluding carboxylic acids is 2. The Hall–Kier alpha value is -3.14. The first-order valence-electron chi connectivity index (χ1n) is 10.5. The van der Waals surface area contributed by atoms with Crippen molar-refractivity contribution in [2.24, 2.45) is 4.36 Å². The van der Waals surface area contributed by atoms with E-state index in [1.165, 1.54) is 6.92 Å². The van der Waals surface area contributed by atoms with Crippen LogP contribution in [0.2, 0.25) is 0 Å². The van der Waals surface area contributed by atoms with Gasteiger partial charge in [-0.15, -0.1) is 0 Å². The highest BCUT2D eigenvalue weighted by Crippen LogP contribution is 2.27. The molecule has 0 bridgehead atoms. The molecule has 2 fully saturated rings. The number of benzene rings is 1. The van der Waals surface area contributed by atoms with Gasteiger partial charge < -0.3 is 15.0 Å². The smallest absolute Gasteiger partial charge is 0.414 e. The SMILES string of the molecule is CN=S1(=O)CCN(c2ccc(-c3ccc(N4CC(CNC(C)=O)OC4=O)cc3)cn2)CC1. The van der Waals surface area contributed by atoms with Crippen molar-refractivity contribution in [2.45, 2.75) is 13.0 Å². The van der Waals surface area contributed by atoms with Crippen molar-refractivity contribution in [3.63, 3.8) is 0 Å². The minimum atomic E-state index is -2.05. The number of ether oxygens (including phenoxy) is 1. The number of amides is 2. The van der Waals surface area contributed by atoms with Crippen molar-refractivity contribution in [1.82, 2.24) is 10.3 Å². The summed E-state index contributed by atoms with van der Waals surface area (Å²) in [4.78, 5) is 31.5. The second-order valence-corrected chi connectivity index (χ2v) is 10.6. The summed E-state index contributed by atoms with van der Waals surface area (Å²) in [6.45, 7) is 3.50. The number of nitrogens with zero attached hydrogens (tertiary/aromatic N) is 4. The second-order valence-electron chi connectivity index (χ2n) is 7.86. The molecule has 0 saturated carbocycles. The Bertz CT molecular complexity index is 1100.